The lowest BCUT2D eigenvalue weighted by atomic mass is 9.86. The maximum atomic E-state index is 16.1. The molecule has 0 aromatic heterocycles. The Bertz CT molecular complexity index is 4100. The fourth-order valence-corrected chi connectivity index (χ4v) is 13.1. The highest BCUT2D eigenvalue weighted by molar-refractivity contribution is 6.32. The van der Waals surface area contributed by atoms with Gasteiger partial charge in [-0.1, -0.05) is 55.2 Å². The number of ether oxygens (including phenoxy) is 6. The van der Waals surface area contributed by atoms with Crippen molar-refractivity contribution in [2.75, 3.05) is 13.6 Å². The van der Waals surface area contributed by atoms with Crippen LogP contribution in [0, 0.1) is 5.92 Å². The van der Waals surface area contributed by atoms with Crippen molar-refractivity contribution in [2.24, 2.45) is 23.2 Å². The van der Waals surface area contributed by atoms with Crippen LogP contribution in [0.1, 0.15) is 105 Å². The Morgan fingerprint density at radius 2 is 1.32 bits per heavy atom. The summed E-state index contributed by atoms with van der Waals surface area (Å²) in [5.41, 5.74) is 10.5. The summed E-state index contributed by atoms with van der Waals surface area (Å²) in [5.74, 6) is -10.0. The number of phenols is 3. The summed E-state index contributed by atoms with van der Waals surface area (Å²) in [4.78, 5) is 117. The number of likely N-dealkylation sites (N-methyl/N-ethyl adjacent to an activating group) is 1. The highest BCUT2D eigenvalue weighted by Gasteiger charge is 2.51. The number of aromatic hydroxyl groups is 3. The third kappa shape index (κ3) is 16.0. The van der Waals surface area contributed by atoms with Gasteiger partial charge in [-0.05, 0) is 110 Å². The van der Waals surface area contributed by atoms with Gasteiger partial charge in [0.2, 0.25) is 53.4 Å². The van der Waals surface area contributed by atoms with Gasteiger partial charge < -0.3 is 123 Å². The smallest absolute Gasteiger partial charge is 0.330 e. The van der Waals surface area contributed by atoms with Crippen LogP contribution in [-0.2, 0) is 52.6 Å². The SMILES string of the molecule is CN[C@H](CC(C)C)C(=O)N[C@H]1C(=O)N[C@@H](CC(N)=O)C(=O)NC2C(=O)N[C@H]3C(=O)NC(C(=O)N[C@H](C(=O)O)c4cc(O)cc(O)c4-c4cc3ccc4O)[C@H](O)c3ccc(c(Cl)c3)Oc3cc2cc(c3O[C@@H]2O[C@H](CNN)[C@@H](O)[C@H](O)[C@H]2O[C@H]2C[C@](C)(N)[C@H](O)[C@H](C)O2)Oc2ccc(cc2Cl)[C@H]1O. The zero-order chi connectivity index (χ0) is 74.2. The maximum absolute atomic E-state index is 16.1. The van der Waals surface area contributed by atoms with E-state index in [0.29, 0.717) is 0 Å². The van der Waals surface area contributed by atoms with E-state index in [2.05, 4.69) is 42.6 Å². The lowest BCUT2D eigenvalue weighted by molar-refractivity contribution is -0.330. The standard InChI is InChI=1S/C66H77Cl2N11O23/c1-23(2)12-34(72-5)58(89)78-49-51(84)26-7-10-38(32(67)14-26)98-40-16-28-17-41(55(40)102-65-56(54(87)53(86)42(100-65)22-73-71)101-44-21-66(4,70)57(88)24(3)97-44)99-39-11-8-27(15-33(39)68)52(85)50-63(94)77-48(64(95)96)31-18-29(80)19-37(82)45(31)30-13-25(6-9-36(30)81)46(60(91)79-50)76-61(92)47(28)75-59(90)35(20-43(69)83)74-62(49)93/h6-11,13-19,23-24,34-35,42,44,46-54,56-57,65,72-73,80-82,84-88H,12,20-22,70-71H2,1-5H3,(H2,69,83)(H,74,93)(H,75,90)(H,76,92)(H,77,94)(H,78,89)(H,79,91)(H,95,96)/t24-,34+,35-,42+,44-,46+,47?,48-,49+,50?,51+,52+,53+,54-,56+,57+,65-,66-/m0/s1. The highest BCUT2D eigenvalue weighted by Crippen LogP contribution is 2.50. The van der Waals surface area contributed by atoms with Crippen molar-refractivity contribution in [3.8, 4) is 57.1 Å². The van der Waals surface area contributed by atoms with E-state index in [9.17, 15) is 69.9 Å². The van der Waals surface area contributed by atoms with Crippen molar-refractivity contribution in [3.05, 3.63) is 117 Å². The first-order valence-electron chi connectivity index (χ1n) is 31.9. The van der Waals surface area contributed by atoms with E-state index >= 15 is 14.4 Å². The number of halogens is 2. The Morgan fingerprint density at radius 3 is 1.91 bits per heavy atom. The Balaban J connectivity index is 1.24. The zero-order valence-electron chi connectivity index (χ0n) is 55.0. The normalized spacial score (nSPS) is 29.3. The molecule has 2 unspecified atom stereocenters. The predicted molar refractivity (Wildman–Crippen MR) is 354 cm³/mol. The molecular formula is C66H77Cl2N11O23. The molecule has 2 fully saturated rings. The van der Waals surface area contributed by atoms with Crippen LogP contribution in [0.25, 0.3) is 11.1 Å². The summed E-state index contributed by atoms with van der Waals surface area (Å²) in [6.45, 7) is 6.29. The number of phenolic OH excluding ortho intramolecular Hbond substituents is 3. The summed E-state index contributed by atoms with van der Waals surface area (Å²) in [5, 5.41) is 120. The molecule has 7 aliphatic rings. The van der Waals surface area contributed by atoms with Gasteiger partial charge in [0.25, 0.3) is 0 Å². The minimum Gasteiger partial charge on any atom is -0.508 e. The van der Waals surface area contributed by atoms with Gasteiger partial charge >= 0.3 is 5.97 Å². The van der Waals surface area contributed by atoms with E-state index in [1.54, 1.807) is 0 Å². The molecule has 5 aromatic carbocycles. The van der Waals surface area contributed by atoms with Gasteiger partial charge in [0, 0.05) is 41.3 Å². The van der Waals surface area contributed by atoms with Gasteiger partial charge in [0.1, 0.15) is 89.5 Å². The van der Waals surface area contributed by atoms with Crippen LogP contribution in [0.3, 0.4) is 0 Å². The molecule has 18 atom stereocenters. The average molecular weight is 1460 g/mol. The fourth-order valence-electron chi connectivity index (χ4n) is 12.6. The molecule has 0 aliphatic carbocycles. The van der Waals surface area contributed by atoms with Gasteiger partial charge in [0.15, 0.2) is 29.9 Å². The third-order valence-corrected chi connectivity index (χ3v) is 18.5. The number of carboxylic acid groups (broad SMARTS) is 1. The Morgan fingerprint density at radius 1 is 0.716 bits per heavy atom. The molecule has 5 aromatic rings. The van der Waals surface area contributed by atoms with Gasteiger partial charge in [-0.3, -0.25) is 44.8 Å². The van der Waals surface area contributed by atoms with Crippen molar-refractivity contribution in [2.45, 2.75) is 156 Å². The molecule has 7 amide bonds. The number of aliphatic hydroxyl groups is 5. The number of aliphatic hydroxyl groups excluding tert-OH is 5. The monoisotopic (exact) mass is 1460 g/mol. The quantitative estimate of drug-likeness (QED) is 0.0496. The van der Waals surface area contributed by atoms with Crippen LogP contribution in [0.5, 0.6) is 46.0 Å². The first kappa shape index (κ1) is 75.4. The first-order valence-corrected chi connectivity index (χ1v) is 32.7. The minimum absolute atomic E-state index is 0.0948. The zero-order valence-corrected chi connectivity index (χ0v) is 56.5. The van der Waals surface area contributed by atoms with E-state index < -0.39 is 225 Å². The lowest BCUT2D eigenvalue weighted by Crippen LogP contribution is -2.65. The fraction of sp³-hybridized carbons (Fsp3) is 0.424. The van der Waals surface area contributed by atoms with E-state index in [-0.39, 0.29) is 58.5 Å². The van der Waals surface area contributed by atoms with Gasteiger partial charge in [-0.15, -0.1) is 0 Å². The summed E-state index contributed by atoms with van der Waals surface area (Å²) in [7, 11) is 1.48. The molecule has 102 heavy (non-hydrogen) atoms. The van der Waals surface area contributed by atoms with Crippen molar-refractivity contribution >= 4 is 70.5 Å². The molecule has 7 heterocycles. The average Bonchev–Trinajstić information content (AvgIpc) is 0.768. The van der Waals surface area contributed by atoms with Gasteiger partial charge in [-0.25, -0.2) is 4.79 Å². The second-order valence-corrected chi connectivity index (χ2v) is 26.8. The topological polar surface area (TPSA) is 548 Å². The van der Waals surface area contributed by atoms with Crippen LogP contribution in [0.15, 0.2) is 78.9 Å². The van der Waals surface area contributed by atoms with Gasteiger partial charge in [0.05, 0.1) is 34.7 Å². The van der Waals surface area contributed by atoms with E-state index in [1.165, 1.54) is 33.0 Å². The summed E-state index contributed by atoms with van der Waals surface area (Å²) >= 11 is 14.2. The second-order valence-electron chi connectivity index (χ2n) is 25.9. The Hall–Kier alpha value is -9.24. The molecule has 7 aliphatic heterocycles. The van der Waals surface area contributed by atoms with E-state index in [0.717, 1.165) is 66.7 Å². The number of benzene rings is 5. The number of nitrogens with two attached hydrogens (primary N) is 3. The molecular weight excluding hydrogens is 1390 g/mol. The number of hydrogen-bond donors (Lipinski definition) is 20. The molecule has 548 valence electrons. The number of aliphatic carboxylic acids is 1. The number of amides is 7. The first-order chi connectivity index (χ1) is 48.2. The molecule has 2 saturated heterocycles. The highest BCUT2D eigenvalue weighted by atomic mass is 35.5. The molecule has 12 rings (SSSR count). The Labute approximate surface area is 590 Å². The number of hydrogen-bond acceptors (Lipinski definition) is 26. The van der Waals surface area contributed by atoms with Crippen molar-refractivity contribution in [3.63, 3.8) is 0 Å². The van der Waals surface area contributed by atoms with Crippen LogP contribution in [0.2, 0.25) is 10.0 Å². The predicted octanol–water partition coefficient (Wildman–Crippen LogP) is -0.423. The molecule has 0 saturated carbocycles. The maximum Gasteiger partial charge on any atom is 0.330 e. The van der Waals surface area contributed by atoms with Crippen molar-refractivity contribution in [1.82, 2.24) is 42.6 Å². The van der Waals surface area contributed by atoms with Crippen molar-refractivity contribution < 1.29 is 113 Å². The number of hydrazine groups is 1. The van der Waals surface area contributed by atoms with Crippen molar-refractivity contribution in [1.29, 1.82) is 0 Å². The van der Waals surface area contributed by atoms with Crippen LogP contribution < -0.4 is 74.2 Å². The van der Waals surface area contributed by atoms with Crippen LogP contribution >= 0.6 is 23.2 Å². The summed E-state index contributed by atoms with van der Waals surface area (Å²) in [6, 6.07) is -0.485. The molecule has 0 radical (unpaired) electrons. The van der Waals surface area contributed by atoms with E-state index in [1.807, 2.05) is 13.8 Å². The van der Waals surface area contributed by atoms with E-state index in [4.69, 9.17) is 68.9 Å². The second kappa shape index (κ2) is 30.8. The van der Waals surface area contributed by atoms with Gasteiger partial charge in [-0.2, -0.15) is 0 Å². The number of carbonyl (C=O) groups is 8. The third-order valence-electron chi connectivity index (χ3n) is 17.9. The van der Waals surface area contributed by atoms with Crippen LogP contribution in [0.4, 0.5) is 0 Å². The molecule has 0 spiro atoms. The number of rotatable bonds is 14. The number of nitrogens with one attached hydrogen (secondary N) is 8. The molecule has 23 N–H and O–H groups in total. The number of carboxylic acids is 1. The molecule has 36 heteroatoms. The number of fused-ring (bicyclic) bond motifs is 15. The lowest BCUT2D eigenvalue weighted by Gasteiger charge is -2.47. The number of primary amides is 1. The molecule has 34 nitrogen and oxygen atoms in total. The number of carbonyl (C=O) groups excluding carboxylic acids is 7. The van der Waals surface area contributed by atoms with Crippen LogP contribution in [-0.4, -0.2) is 186 Å². The minimum atomic E-state index is -2.33. The summed E-state index contributed by atoms with van der Waals surface area (Å²) < 4.78 is 38.8. The summed E-state index contributed by atoms with van der Waals surface area (Å²) in [6.07, 6.45) is -18.0. The molecule has 11 bridgehead atoms. The largest absolute Gasteiger partial charge is 0.508 e. The Kier molecular flexibility index (Phi) is 22.7.